The number of carbonyl (C=O) groups is 2. The Hall–Kier alpha value is -3.13. The van der Waals surface area contributed by atoms with Crippen molar-refractivity contribution >= 4 is 67.3 Å². The van der Waals surface area contributed by atoms with Gasteiger partial charge < -0.3 is 14.2 Å². The van der Waals surface area contributed by atoms with Gasteiger partial charge in [-0.2, -0.15) is 8.42 Å². The van der Waals surface area contributed by atoms with E-state index in [4.69, 9.17) is 37.4 Å². The maximum Gasteiger partial charge on any atom is 0.340 e. The molecule has 1 heterocycles. The third kappa shape index (κ3) is 5.50. The highest BCUT2D eigenvalue weighted by Crippen LogP contribution is 2.35. The lowest BCUT2D eigenvalue weighted by Gasteiger charge is -2.14. The number of amides is 1. The second kappa shape index (κ2) is 10.4. The Bertz CT molecular complexity index is 1360. The van der Waals surface area contributed by atoms with Crippen LogP contribution in [0.1, 0.15) is 20.7 Å². The Labute approximate surface area is 208 Å². The number of hydrogen-bond donors (Lipinski definition) is 2. The fraction of sp³-hybridized carbons (Fsp3) is 0.158. The lowest BCUT2D eigenvalue weighted by atomic mass is 10.1. The molecule has 0 aliphatic carbocycles. The number of benzene rings is 2. The molecule has 0 fully saturated rings. The van der Waals surface area contributed by atoms with E-state index >= 15 is 0 Å². The second-order valence-corrected chi connectivity index (χ2v) is 9.98. The van der Waals surface area contributed by atoms with Gasteiger partial charge >= 0.3 is 5.97 Å². The first-order valence-electron chi connectivity index (χ1n) is 9.06. The average molecular weight is 547 g/mol. The fourth-order valence-corrected chi connectivity index (χ4v) is 5.10. The zero-order valence-corrected chi connectivity index (χ0v) is 20.9. The van der Waals surface area contributed by atoms with Crippen LogP contribution in [0.2, 0.25) is 10.0 Å². The van der Waals surface area contributed by atoms with Crippen molar-refractivity contribution in [1.82, 2.24) is 10.2 Å². The van der Waals surface area contributed by atoms with Crippen LogP contribution in [0, 0.1) is 0 Å². The van der Waals surface area contributed by atoms with Crippen molar-refractivity contribution < 1.29 is 32.2 Å². The number of nitrogens with zero attached hydrogens (tertiary/aromatic N) is 2. The van der Waals surface area contributed by atoms with Crippen LogP contribution in [0.3, 0.4) is 0 Å². The summed E-state index contributed by atoms with van der Waals surface area (Å²) in [5, 5.41) is 10.1. The molecule has 0 spiro atoms. The van der Waals surface area contributed by atoms with Crippen LogP contribution in [0.25, 0.3) is 0 Å². The largest absolute Gasteiger partial charge is 0.493 e. The molecule has 0 radical (unpaired) electrons. The first kappa shape index (κ1) is 25.5. The molecule has 180 valence electrons. The monoisotopic (exact) mass is 546 g/mol. The SMILES string of the molecule is COC(=O)c1cc(OC)c(OC)cc1NS(=O)(=O)c1nnc(NC(=O)c2ccc(Cl)cc2Cl)s1. The number of ether oxygens (including phenoxy) is 3. The maximum absolute atomic E-state index is 12.9. The summed E-state index contributed by atoms with van der Waals surface area (Å²) in [7, 11) is -0.471. The number of aromatic nitrogens is 2. The van der Waals surface area contributed by atoms with Gasteiger partial charge in [-0.15, -0.1) is 10.2 Å². The Morgan fingerprint density at radius 2 is 1.65 bits per heavy atom. The molecular formula is C19H16Cl2N4O7S2. The first-order chi connectivity index (χ1) is 16.1. The number of methoxy groups -OCH3 is 3. The van der Waals surface area contributed by atoms with E-state index in [9.17, 15) is 18.0 Å². The third-order valence-corrected chi connectivity index (χ3v) is 7.33. The van der Waals surface area contributed by atoms with Gasteiger partial charge in [-0.25, -0.2) is 4.79 Å². The molecule has 34 heavy (non-hydrogen) atoms. The van der Waals surface area contributed by atoms with Crippen LogP contribution < -0.4 is 19.5 Å². The minimum atomic E-state index is -4.32. The van der Waals surface area contributed by atoms with Gasteiger partial charge in [-0.3, -0.25) is 14.8 Å². The molecule has 2 N–H and O–H groups in total. The van der Waals surface area contributed by atoms with Gasteiger partial charge in [0.25, 0.3) is 20.3 Å². The predicted octanol–water partition coefficient (Wildman–Crippen LogP) is 3.70. The summed E-state index contributed by atoms with van der Waals surface area (Å²) in [4.78, 5) is 24.6. The van der Waals surface area contributed by atoms with Crippen molar-refractivity contribution in [3.05, 3.63) is 51.5 Å². The van der Waals surface area contributed by atoms with Crippen molar-refractivity contribution in [2.75, 3.05) is 31.4 Å². The van der Waals surface area contributed by atoms with Gasteiger partial charge in [0.1, 0.15) is 0 Å². The quantitative estimate of drug-likeness (QED) is 0.318. The van der Waals surface area contributed by atoms with Crippen molar-refractivity contribution in [1.29, 1.82) is 0 Å². The highest BCUT2D eigenvalue weighted by atomic mass is 35.5. The molecular weight excluding hydrogens is 531 g/mol. The van der Waals surface area contributed by atoms with Crippen LogP contribution in [-0.4, -0.2) is 51.8 Å². The lowest BCUT2D eigenvalue weighted by molar-refractivity contribution is 0.0601. The highest BCUT2D eigenvalue weighted by Gasteiger charge is 2.26. The molecule has 1 amide bonds. The molecule has 11 nitrogen and oxygen atoms in total. The first-order valence-corrected chi connectivity index (χ1v) is 12.1. The Kier molecular flexibility index (Phi) is 7.82. The van der Waals surface area contributed by atoms with Crippen LogP contribution in [0.5, 0.6) is 11.5 Å². The maximum atomic E-state index is 12.9. The van der Waals surface area contributed by atoms with Gasteiger partial charge in [0, 0.05) is 17.2 Å². The molecule has 3 rings (SSSR count). The summed E-state index contributed by atoms with van der Waals surface area (Å²) in [6.45, 7) is 0. The molecule has 0 bridgehead atoms. The van der Waals surface area contributed by atoms with E-state index in [0.29, 0.717) is 16.4 Å². The van der Waals surface area contributed by atoms with E-state index in [-0.39, 0.29) is 38.5 Å². The number of halogens is 2. The third-order valence-electron chi connectivity index (χ3n) is 4.21. The summed E-state index contributed by atoms with van der Waals surface area (Å²) >= 11 is 12.4. The fourth-order valence-electron chi connectivity index (χ4n) is 2.64. The zero-order chi connectivity index (χ0) is 25.0. The minimum absolute atomic E-state index is 0.100. The molecule has 0 aliphatic heterocycles. The summed E-state index contributed by atoms with van der Waals surface area (Å²) in [6.07, 6.45) is 0. The molecule has 15 heteroatoms. The Balaban J connectivity index is 1.88. The lowest BCUT2D eigenvalue weighted by Crippen LogP contribution is -2.16. The topological polar surface area (TPSA) is 146 Å². The van der Waals surface area contributed by atoms with E-state index in [2.05, 4.69) is 20.2 Å². The van der Waals surface area contributed by atoms with Crippen LogP contribution in [0.15, 0.2) is 34.7 Å². The van der Waals surface area contributed by atoms with E-state index < -0.39 is 26.2 Å². The summed E-state index contributed by atoms with van der Waals surface area (Å²) < 4.78 is 42.6. The Morgan fingerprint density at radius 1 is 0.971 bits per heavy atom. The second-order valence-electron chi connectivity index (χ2n) is 6.30. The molecule has 2 aromatic carbocycles. The van der Waals surface area contributed by atoms with E-state index in [1.807, 2.05) is 0 Å². The van der Waals surface area contributed by atoms with Crippen molar-refractivity contribution in [3.8, 4) is 11.5 Å². The summed E-state index contributed by atoms with van der Waals surface area (Å²) in [6, 6.07) is 6.80. The van der Waals surface area contributed by atoms with Crippen molar-refractivity contribution in [2.24, 2.45) is 0 Å². The van der Waals surface area contributed by atoms with Gasteiger partial charge in [-0.05, 0) is 18.2 Å². The molecule has 3 aromatic rings. The number of sulfonamides is 1. The van der Waals surface area contributed by atoms with Gasteiger partial charge in [0.2, 0.25) is 5.13 Å². The van der Waals surface area contributed by atoms with E-state index in [0.717, 1.165) is 7.11 Å². The Morgan fingerprint density at radius 3 is 2.26 bits per heavy atom. The van der Waals surface area contributed by atoms with Gasteiger partial charge in [-0.1, -0.05) is 34.5 Å². The van der Waals surface area contributed by atoms with Crippen LogP contribution >= 0.6 is 34.5 Å². The number of nitrogens with one attached hydrogen (secondary N) is 2. The van der Waals surface area contributed by atoms with Gasteiger partial charge in [0.15, 0.2) is 11.5 Å². The molecule has 0 unspecified atom stereocenters. The standard InChI is InChI=1S/C19H16Cl2N4O7S2/c1-30-14-7-11(17(27)32-3)13(8-15(14)31-2)25-34(28,29)19-24-23-18(33-19)22-16(26)10-5-4-9(20)6-12(10)21/h4-8,25H,1-3H3,(H,22,23,26). The normalized spacial score (nSPS) is 11.0. The number of carbonyl (C=O) groups excluding carboxylic acids is 2. The smallest absolute Gasteiger partial charge is 0.340 e. The summed E-state index contributed by atoms with van der Waals surface area (Å²) in [5.74, 6) is -1.10. The minimum Gasteiger partial charge on any atom is -0.493 e. The van der Waals surface area contributed by atoms with Crippen molar-refractivity contribution in [3.63, 3.8) is 0 Å². The predicted molar refractivity (Wildman–Crippen MR) is 126 cm³/mol. The molecule has 0 aliphatic rings. The summed E-state index contributed by atoms with van der Waals surface area (Å²) in [5.41, 5.74) is -0.158. The van der Waals surface area contributed by atoms with Crippen molar-refractivity contribution in [2.45, 2.75) is 4.34 Å². The van der Waals surface area contributed by atoms with E-state index in [1.54, 1.807) is 0 Å². The number of anilines is 2. The molecule has 0 saturated heterocycles. The number of hydrogen-bond acceptors (Lipinski definition) is 10. The van der Waals surface area contributed by atoms with E-state index in [1.165, 1.54) is 44.6 Å². The molecule has 0 saturated carbocycles. The number of esters is 1. The average Bonchev–Trinajstić information content (AvgIpc) is 3.27. The van der Waals surface area contributed by atoms with Crippen LogP contribution in [0.4, 0.5) is 10.8 Å². The molecule has 1 aromatic heterocycles. The van der Waals surface area contributed by atoms with Gasteiger partial charge in [0.05, 0.1) is 43.2 Å². The highest BCUT2D eigenvalue weighted by molar-refractivity contribution is 7.94. The van der Waals surface area contributed by atoms with Crippen LogP contribution in [-0.2, 0) is 14.8 Å². The zero-order valence-electron chi connectivity index (χ0n) is 17.7. The number of rotatable bonds is 8. The molecule has 0 atom stereocenters.